The molecule has 0 bridgehead atoms. The molecule has 5 nitrogen and oxygen atoms in total. The van der Waals surface area contributed by atoms with Crippen molar-refractivity contribution in [1.82, 2.24) is 10.6 Å². The lowest BCUT2D eigenvalue weighted by Crippen LogP contribution is -2.55. The Kier molecular flexibility index (Phi) is 9.68. The molecule has 174 valence electrons. The van der Waals surface area contributed by atoms with Gasteiger partial charge < -0.3 is 10.2 Å². The lowest BCUT2D eigenvalue weighted by atomic mass is 9.85. The standard InChI is InChI=1S/C26H37N2O3P/c1-2-3-4-5-6-8-11-21-14-16-22(17-15-21)20-27-24-18-19-28-26(24,25(29)32(30)31)23-12-9-7-10-13-23/h7,9-10,12-17,24,27-28,32H,2-6,8,11,18-20H2,1H3,(H,30,31)/t24?,26-/m1/s1. The Morgan fingerprint density at radius 3 is 2.38 bits per heavy atom. The highest BCUT2D eigenvalue weighted by Crippen LogP contribution is 2.39. The molecule has 1 fully saturated rings. The second-order valence-electron chi connectivity index (χ2n) is 8.79. The fraction of sp³-hybridized carbons (Fsp3) is 0.500. The average molecular weight is 457 g/mol. The van der Waals surface area contributed by atoms with Gasteiger partial charge in [0.05, 0.1) is 0 Å². The molecule has 6 heteroatoms. The fourth-order valence-electron chi connectivity index (χ4n) is 4.73. The van der Waals surface area contributed by atoms with Gasteiger partial charge in [0.25, 0.3) is 8.03 Å². The molecule has 1 aliphatic rings. The van der Waals surface area contributed by atoms with Gasteiger partial charge in [0.1, 0.15) is 5.54 Å². The Labute approximate surface area is 192 Å². The van der Waals surface area contributed by atoms with Crippen LogP contribution in [0.5, 0.6) is 0 Å². The van der Waals surface area contributed by atoms with Crippen molar-refractivity contribution in [2.24, 2.45) is 0 Å². The Hall–Kier alpha value is -1.78. The number of carbonyl (C=O) groups excluding carboxylic acids is 1. The zero-order valence-corrected chi connectivity index (χ0v) is 20.1. The van der Waals surface area contributed by atoms with Crippen molar-refractivity contribution in [3.63, 3.8) is 0 Å². The predicted octanol–water partition coefficient (Wildman–Crippen LogP) is 4.93. The van der Waals surface area contributed by atoms with Crippen LogP contribution in [0.15, 0.2) is 54.6 Å². The van der Waals surface area contributed by atoms with E-state index >= 15 is 0 Å². The number of nitrogens with one attached hydrogen (secondary N) is 2. The van der Waals surface area contributed by atoms with Gasteiger partial charge in [0.15, 0.2) is 0 Å². The maximum absolute atomic E-state index is 12.9. The van der Waals surface area contributed by atoms with Crippen molar-refractivity contribution in [1.29, 1.82) is 0 Å². The van der Waals surface area contributed by atoms with E-state index in [4.69, 9.17) is 0 Å². The summed E-state index contributed by atoms with van der Waals surface area (Å²) in [6.45, 7) is 3.47. The van der Waals surface area contributed by atoms with Crippen LogP contribution in [-0.4, -0.2) is 23.0 Å². The molecule has 3 atom stereocenters. The third-order valence-electron chi connectivity index (χ3n) is 6.54. The molecule has 0 aromatic heterocycles. The van der Waals surface area contributed by atoms with E-state index in [1.807, 2.05) is 30.3 Å². The summed E-state index contributed by atoms with van der Waals surface area (Å²) in [4.78, 5) is 22.6. The van der Waals surface area contributed by atoms with Gasteiger partial charge in [-0.05, 0) is 42.5 Å². The van der Waals surface area contributed by atoms with Gasteiger partial charge in [-0.2, -0.15) is 0 Å². The number of hydrogen-bond donors (Lipinski definition) is 3. The highest BCUT2D eigenvalue weighted by molar-refractivity contribution is 7.58. The summed E-state index contributed by atoms with van der Waals surface area (Å²) in [7, 11) is -3.33. The van der Waals surface area contributed by atoms with E-state index < -0.39 is 19.1 Å². The van der Waals surface area contributed by atoms with E-state index in [9.17, 15) is 14.3 Å². The van der Waals surface area contributed by atoms with Gasteiger partial charge in [-0.3, -0.25) is 14.7 Å². The Bertz CT molecular complexity index is 872. The lowest BCUT2D eigenvalue weighted by molar-refractivity contribution is -0.118. The molecule has 0 radical (unpaired) electrons. The number of aryl methyl sites for hydroxylation is 1. The first-order valence-corrected chi connectivity index (χ1v) is 13.3. The molecule has 1 aliphatic heterocycles. The van der Waals surface area contributed by atoms with E-state index in [1.165, 1.54) is 44.1 Å². The molecular formula is C26H37N2O3P. The molecule has 32 heavy (non-hydrogen) atoms. The molecular weight excluding hydrogens is 419 g/mol. The van der Waals surface area contributed by atoms with Gasteiger partial charge >= 0.3 is 0 Å². The first-order valence-electron chi connectivity index (χ1n) is 12.0. The molecule has 0 amide bonds. The van der Waals surface area contributed by atoms with E-state index in [2.05, 4.69) is 41.8 Å². The topological polar surface area (TPSA) is 78.4 Å². The molecule has 1 saturated heterocycles. The Morgan fingerprint density at radius 2 is 1.69 bits per heavy atom. The number of unbranched alkanes of at least 4 members (excludes halogenated alkanes) is 5. The summed E-state index contributed by atoms with van der Waals surface area (Å²) >= 11 is 0. The van der Waals surface area contributed by atoms with Crippen LogP contribution in [0.3, 0.4) is 0 Å². The predicted molar refractivity (Wildman–Crippen MR) is 131 cm³/mol. The molecule has 2 unspecified atom stereocenters. The molecule has 0 aliphatic carbocycles. The molecule has 1 heterocycles. The van der Waals surface area contributed by atoms with Gasteiger partial charge in [-0.25, -0.2) is 0 Å². The van der Waals surface area contributed by atoms with Crippen LogP contribution < -0.4 is 10.6 Å². The first-order chi connectivity index (χ1) is 15.6. The van der Waals surface area contributed by atoms with E-state index in [0.29, 0.717) is 19.5 Å². The molecule has 3 N–H and O–H groups in total. The second kappa shape index (κ2) is 12.5. The fourth-order valence-corrected chi connectivity index (χ4v) is 5.47. The maximum Gasteiger partial charge on any atom is 0.255 e. The van der Waals surface area contributed by atoms with Crippen molar-refractivity contribution in [2.75, 3.05) is 6.54 Å². The van der Waals surface area contributed by atoms with Crippen LogP contribution in [0.25, 0.3) is 0 Å². The highest BCUT2D eigenvalue weighted by atomic mass is 31.1. The minimum Gasteiger partial charge on any atom is -0.341 e. The van der Waals surface area contributed by atoms with Crippen LogP contribution in [0.1, 0.15) is 68.6 Å². The first kappa shape index (κ1) is 24.9. The minimum absolute atomic E-state index is 0.249. The zero-order valence-electron chi connectivity index (χ0n) is 19.1. The number of carbonyl (C=O) groups is 1. The van der Waals surface area contributed by atoms with Gasteiger partial charge in [-0.1, -0.05) is 93.6 Å². The van der Waals surface area contributed by atoms with Crippen LogP contribution in [0.4, 0.5) is 0 Å². The summed E-state index contributed by atoms with van der Waals surface area (Å²) in [5.41, 5.74) is 1.46. The highest BCUT2D eigenvalue weighted by Gasteiger charge is 2.51. The Balaban J connectivity index is 1.60. The quantitative estimate of drug-likeness (QED) is 0.294. The normalized spacial score (nSPS) is 21.5. The lowest BCUT2D eigenvalue weighted by Gasteiger charge is -2.34. The van der Waals surface area contributed by atoms with E-state index in [0.717, 1.165) is 17.5 Å². The van der Waals surface area contributed by atoms with Crippen molar-refractivity contribution >= 4 is 13.6 Å². The Morgan fingerprint density at radius 1 is 1.03 bits per heavy atom. The molecule has 2 aromatic rings. The second-order valence-corrected chi connectivity index (χ2v) is 9.86. The SMILES string of the molecule is CCCCCCCCc1ccc(CNC2CCN[C@]2(C(=O)[PH](=O)O)c2ccccc2)cc1. The molecule has 0 spiro atoms. The number of benzene rings is 2. The average Bonchev–Trinajstić information content (AvgIpc) is 3.25. The number of hydrogen-bond acceptors (Lipinski definition) is 4. The van der Waals surface area contributed by atoms with E-state index in [-0.39, 0.29) is 6.04 Å². The van der Waals surface area contributed by atoms with Crippen LogP contribution in [0, 0.1) is 0 Å². The van der Waals surface area contributed by atoms with Crippen molar-refractivity contribution < 1.29 is 14.3 Å². The van der Waals surface area contributed by atoms with Crippen LogP contribution in [0.2, 0.25) is 0 Å². The molecule has 0 saturated carbocycles. The summed E-state index contributed by atoms with van der Waals surface area (Å²) in [6.07, 6.45) is 9.65. The van der Waals surface area contributed by atoms with Gasteiger partial charge in [0, 0.05) is 12.6 Å². The number of rotatable bonds is 13. The smallest absolute Gasteiger partial charge is 0.255 e. The summed E-state index contributed by atoms with van der Waals surface area (Å²) < 4.78 is 11.8. The van der Waals surface area contributed by atoms with Crippen molar-refractivity contribution in [2.45, 2.75) is 76.4 Å². The van der Waals surface area contributed by atoms with Crippen molar-refractivity contribution in [3.05, 3.63) is 71.3 Å². The summed E-state index contributed by atoms with van der Waals surface area (Å²) in [5, 5.41) is 6.76. The van der Waals surface area contributed by atoms with Crippen molar-refractivity contribution in [3.8, 4) is 0 Å². The third-order valence-corrected chi connectivity index (χ3v) is 7.32. The summed E-state index contributed by atoms with van der Waals surface area (Å²) in [5.74, 6) is 0. The largest absolute Gasteiger partial charge is 0.341 e. The van der Waals surface area contributed by atoms with Crippen LogP contribution >= 0.6 is 8.03 Å². The van der Waals surface area contributed by atoms with Crippen LogP contribution in [-0.2, 0) is 27.9 Å². The molecule has 2 aromatic carbocycles. The third kappa shape index (κ3) is 6.17. The zero-order chi connectivity index (χ0) is 22.8. The summed E-state index contributed by atoms with van der Waals surface area (Å²) in [6, 6.07) is 17.7. The minimum atomic E-state index is -3.33. The molecule has 3 rings (SSSR count). The van der Waals surface area contributed by atoms with E-state index in [1.54, 1.807) is 0 Å². The maximum atomic E-state index is 12.9. The van der Waals surface area contributed by atoms with Gasteiger partial charge in [0.2, 0.25) is 5.52 Å². The van der Waals surface area contributed by atoms with Gasteiger partial charge in [-0.15, -0.1) is 0 Å². The monoisotopic (exact) mass is 456 g/mol.